The zero-order valence-electron chi connectivity index (χ0n) is 11.1. The number of hydrogen-bond acceptors (Lipinski definition) is 5. The van der Waals surface area contributed by atoms with E-state index >= 15 is 0 Å². The summed E-state index contributed by atoms with van der Waals surface area (Å²) < 4.78 is 32.4. The molecule has 7 nitrogen and oxygen atoms in total. The molecule has 0 aliphatic rings. The van der Waals surface area contributed by atoms with Crippen molar-refractivity contribution in [2.24, 2.45) is 0 Å². The van der Waals surface area contributed by atoms with Crippen LogP contribution in [0.5, 0.6) is 0 Å². The third kappa shape index (κ3) is 6.50. The lowest BCUT2D eigenvalue weighted by atomic mass is 10.2. The van der Waals surface area contributed by atoms with Gasteiger partial charge in [-0.05, 0) is 12.5 Å². The summed E-state index contributed by atoms with van der Waals surface area (Å²) in [4.78, 5) is 10.6. The zero-order valence-corrected chi connectivity index (χ0v) is 12.0. The standard InChI is InChI=1S/C12H17NO6S/c1-9(13-12(14)15)11(19-20(2,16)17)18-8-10-6-4-3-5-7-10/h3-7,9,11,13H,8H2,1-2H3,(H,14,15)/t9?,11-/m0/s1. The zero-order chi connectivity index (χ0) is 15.2. The monoisotopic (exact) mass is 303 g/mol. The first kappa shape index (κ1) is 16.4. The Morgan fingerprint density at radius 2 is 1.95 bits per heavy atom. The normalized spacial score (nSPS) is 14.5. The number of carbonyl (C=O) groups is 1. The molecule has 2 N–H and O–H groups in total. The summed E-state index contributed by atoms with van der Waals surface area (Å²) in [5.74, 6) is 0. The van der Waals surface area contributed by atoms with Gasteiger partial charge in [0.05, 0.1) is 18.9 Å². The molecule has 2 atom stereocenters. The maximum Gasteiger partial charge on any atom is 0.405 e. The molecule has 1 amide bonds. The Morgan fingerprint density at radius 1 is 1.35 bits per heavy atom. The lowest BCUT2D eigenvalue weighted by Crippen LogP contribution is -2.44. The molecular weight excluding hydrogens is 286 g/mol. The Balaban J connectivity index is 2.69. The highest BCUT2D eigenvalue weighted by Gasteiger charge is 2.24. The van der Waals surface area contributed by atoms with Crippen LogP contribution in [0.15, 0.2) is 30.3 Å². The first-order valence-electron chi connectivity index (χ1n) is 5.81. The van der Waals surface area contributed by atoms with Gasteiger partial charge in [0.1, 0.15) is 0 Å². The van der Waals surface area contributed by atoms with E-state index in [-0.39, 0.29) is 6.61 Å². The van der Waals surface area contributed by atoms with E-state index in [4.69, 9.17) is 14.0 Å². The SMILES string of the molecule is CC(NC(=O)O)[C@@H](OCc1ccccc1)OS(C)(=O)=O. The van der Waals surface area contributed by atoms with Crippen LogP contribution in [0, 0.1) is 0 Å². The lowest BCUT2D eigenvalue weighted by Gasteiger charge is -2.23. The highest BCUT2D eigenvalue weighted by Crippen LogP contribution is 2.10. The van der Waals surface area contributed by atoms with Gasteiger partial charge in [-0.2, -0.15) is 8.42 Å². The molecule has 0 aliphatic heterocycles. The van der Waals surface area contributed by atoms with E-state index in [0.29, 0.717) is 0 Å². The molecule has 1 aromatic rings. The van der Waals surface area contributed by atoms with Crippen LogP contribution in [-0.2, 0) is 25.6 Å². The van der Waals surface area contributed by atoms with Crippen molar-refractivity contribution < 1.29 is 27.2 Å². The predicted octanol–water partition coefficient (Wildman–Crippen LogP) is 1.16. The van der Waals surface area contributed by atoms with Gasteiger partial charge in [0.2, 0.25) is 0 Å². The number of carboxylic acid groups (broad SMARTS) is 1. The minimum Gasteiger partial charge on any atom is -0.465 e. The number of hydrogen-bond donors (Lipinski definition) is 2. The average molecular weight is 303 g/mol. The van der Waals surface area contributed by atoms with Crippen LogP contribution in [0.1, 0.15) is 12.5 Å². The minimum absolute atomic E-state index is 0.104. The quantitative estimate of drug-likeness (QED) is 0.579. The second kappa shape index (κ2) is 7.22. The second-order valence-electron chi connectivity index (χ2n) is 4.20. The maximum atomic E-state index is 11.2. The molecule has 1 rings (SSSR count). The van der Waals surface area contributed by atoms with Crippen LogP contribution in [0.2, 0.25) is 0 Å². The molecule has 0 saturated heterocycles. The summed E-state index contributed by atoms with van der Waals surface area (Å²) >= 11 is 0. The summed E-state index contributed by atoms with van der Waals surface area (Å²) in [6.07, 6.45) is -1.65. The molecule has 0 saturated carbocycles. The van der Waals surface area contributed by atoms with Gasteiger partial charge in [-0.15, -0.1) is 0 Å². The van der Waals surface area contributed by atoms with E-state index < -0.39 is 28.5 Å². The number of benzene rings is 1. The van der Waals surface area contributed by atoms with Crippen LogP contribution in [0.25, 0.3) is 0 Å². The van der Waals surface area contributed by atoms with Gasteiger partial charge in [0.25, 0.3) is 10.1 Å². The van der Waals surface area contributed by atoms with Crippen LogP contribution in [0.3, 0.4) is 0 Å². The fourth-order valence-electron chi connectivity index (χ4n) is 1.44. The molecule has 0 spiro atoms. The number of ether oxygens (including phenoxy) is 1. The third-order valence-corrected chi connectivity index (χ3v) is 2.83. The van der Waals surface area contributed by atoms with Crippen molar-refractivity contribution in [2.45, 2.75) is 25.9 Å². The van der Waals surface area contributed by atoms with Crippen LogP contribution < -0.4 is 5.32 Å². The molecule has 0 aliphatic carbocycles. The van der Waals surface area contributed by atoms with Crippen molar-refractivity contribution in [1.82, 2.24) is 5.32 Å². The molecule has 0 radical (unpaired) electrons. The summed E-state index contributed by atoms with van der Waals surface area (Å²) in [7, 11) is -3.77. The van der Waals surface area contributed by atoms with Gasteiger partial charge >= 0.3 is 6.09 Å². The predicted molar refractivity (Wildman–Crippen MR) is 71.6 cm³/mol. The van der Waals surface area contributed by atoms with Crippen molar-refractivity contribution in [3.05, 3.63) is 35.9 Å². The Morgan fingerprint density at radius 3 is 2.45 bits per heavy atom. The van der Waals surface area contributed by atoms with E-state index in [1.165, 1.54) is 6.92 Å². The summed E-state index contributed by atoms with van der Waals surface area (Å²) in [5, 5.41) is 10.7. The van der Waals surface area contributed by atoms with Crippen LogP contribution in [-0.4, -0.2) is 38.2 Å². The van der Waals surface area contributed by atoms with Gasteiger partial charge in [-0.3, -0.25) is 0 Å². The second-order valence-corrected chi connectivity index (χ2v) is 5.80. The van der Waals surface area contributed by atoms with Crippen molar-refractivity contribution in [3.63, 3.8) is 0 Å². The van der Waals surface area contributed by atoms with Crippen molar-refractivity contribution >= 4 is 16.2 Å². The summed E-state index contributed by atoms with van der Waals surface area (Å²) in [5.41, 5.74) is 0.817. The molecule has 8 heteroatoms. The number of rotatable bonds is 7. The minimum atomic E-state index is -3.77. The number of nitrogens with one attached hydrogen (secondary N) is 1. The van der Waals surface area contributed by atoms with E-state index in [2.05, 4.69) is 5.32 Å². The van der Waals surface area contributed by atoms with E-state index in [1.54, 1.807) is 12.1 Å². The molecule has 0 heterocycles. The number of amides is 1. The summed E-state index contributed by atoms with van der Waals surface area (Å²) in [6.45, 7) is 1.56. The highest BCUT2D eigenvalue weighted by atomic mass is 32.2. The fraction of sp³-hybridized carbons (Fsp3) is 0.417. The van der Waals surface area contributed by atoms with Gasteiger partial charge < -0.3 is 15.2 Å². The third-order valence-electron chi connectivity index (χ3n) is 2.29. The van der Waals surface area contributed by atoms with E-state index in [0.717, 1.165) is 11.8 Å². The topological polar surface area (TPSA) is 102 Å². The van der Waals surface area contributed by atoms with Gasteiger partial charge in [0.15, 0.2) is 6.29 Å². The van der Waals surface area contributed by atoms with E-state index in [1.807, 2.05) is 18.2 Å². The average Bonchev–Trinajstić information content (AvgIpc) is 2.33. The van der Waals surface area contributed by atoms with Gasteiger partial charge in [0, 0.05) is 0 Å². The summed E-state index contributed by atoms with van der Waals surface area (Å²) in [6, 6.07) is 8.21. The molecule has 0 bridgehead atoms. The molecule has 0 fully saturated rings. The highest BCUT2D eigenvalue weighted by molar-refractivity contribution is 7.86. The van der Waals surface area contributed by atoms with Crippen molar-refractivity contribution in [2.75, 3.05) is 6.26 Å². The van der Waals surface area contributed by atoms with E-state index in [9.17, 15) is 13.2 Å². The first-order valence-corrected chi connectivity index (χ1v) is 7.63. The molecule has 1 aromatic carbocycles. The molecule has 20 heavy (non-hydrogen) atoms. The van der Waals surface area contributed by atoms with Crippen molar-refractivity contribution in [1.29, 1.82) is 0 Å². The lowest BCUT2D eigenvalue weighted by molar-refractivity contribution is -0.101. The first-order chi connectivity index (χ1) is 9.28. The van der Waals surface area contributed by atoms with Crippen LogP contribution >= 0.6 is 0 Å². The molecule has 0 aromatic heterocycles. The Hall–Kier alpha value is -1.64. The Bertz CT molecular complexity index is 530. The fourth-order valence-corrected chi connectivity index (χ4v) is 2.01. The Kier molecular flexibility index (Phi) is 5.93. The smallest absolute Gasteiger partial charge is 0.405 e. The molecule has 1 unspecified atom stereocenters. The largest absolute Gasteiger partial charge is 0.465 e. The maximum absolute atomic E-state index is 11.2. The van der Waals surface area contributed by atoms with Crippen molar-refractivity contribution in [3.8, 4) is 0 Å². The van der Waals surface area contributed by atoms with Gasteiger partial charge in [-0.1, -0.05) is 30.3 Å². The van der Waals surface area contributed by atoms with Crippen LogP contribution in [0.4, 0.5) is 4.79 Å². The van der Waals surface area contributed by atoms with Gasteiger partial charge in [-0.25, -0.2) is 8.98 Å². The Labute approximate surface area is 117 Å². The molecule has 112 valence electrons. The molecular formula is C12H17NO6S.